The topological polar surface area (TPSA) is 64.2 Å². The fourth-order valence-electron chi connectivity index (χ4n) is 2.53. The molecule has 1 aromatic carbocycles. The van der Waals surface area contributed by atoms with Crippen LogP contribution in [0, 0.1) is 13.8 Å². The molecule has 1 N–H and O–H groups in total. The number of carbonyl (C=O) groups is 2. The molecule has 0 fully saturated rings. The fraction of sp³-hybridized carbons (Fsp3) is 0.389. The fourth-order valence-corrected chi connectivity index (χ4v) is 2.53. The van der Waals surface area contributed by atoms with Gasteiger partial charge in [0.05, 0.1) is 25.8 Å². The van der Waals surface area contributed by atoms with Gasteiger partial charge in [-0.2, -0.15) is 4.68 Å². The molecule has 128 valence electrons. The lowest BCUT2D eigenvalue weighted by molar-refractivity contribution is -0.764. The van der Waals surface area contributed by atoms with Gasteiger partial charge in [0, 0.05) is 11.8 Å². The largest absolute Gasteiger partial charge is 0.466 e. The minimum atomic E-state index is -0.238. The molecule has 0 bridgehead atoms. The van der Waals surface area contributed by atoms with Gasteiger partial charge in [-0.05, 0) is 31.9 Å². The molecular formula is C18H24N3O3+. The molecule has 0 atom stereocenters. The van der Waals surface area contributed by atoms with Gasteiger partial charge >= 0.3 is 5.97 Å². The molecule has 1 heterocycles. The second-order valence-corrected chi connectivity index (χ2v) is 5.62. The summed E-state index contributed by atoms with van der Waals surface area (Å²) in [6.45, 7) is 6.76. The molecule has 6 heteroatoms. The van der Waals surface area contributed by atoms with Crippen molar-refractivity contribution in [1.29, 1.82) is 0 Å². The maximum Gasteiger partial charge on any atom is 0.307 e. The van der Waals surface area contributed by atoms with Crippen molar-refractivity contribution >= 4 is 17.6 Å². The molecule has 0 aliphatic heterocycles. The smallest absolute Gasteiger partial charge is 0.307 e. The number of amides is 1. The van der Waals surface area contributed by atoms with E-state index in [4.69, 9.17) is 4.74 Å². The number of benzene rings is 1. The summed E-state index contributed by atoms with van der Waals surface area (Å²) in [7, 11) is 0. The van der Waals surface area contributed by atoms with Crippen LogP contribution in [0.3, 0.4) is 0 Å². The maximum absolute atomic E-state index is 12.3. The Morgan fingerprint density at radius 3 is 2.58 bits per heavy atom. The molecule has 0 unspecified atom stereocenters. The van der Waals surface area contributed by atoms with Crippen LogP contribution in [-0.2, 0) is 27.4 Å². The highest BCUT2D eigenvalue weighted by Crippen LogP contribution is 2.19. The minimum absolute atomic E-state index is 0.103. The van der Waals surface area contributed by atoms with Crippen LogP contribution in [-0.4, -0.2) is 23.2 Å². The molecule has 2 rings (SSSR count). The Labute approximate surface area is 142 Å². The van der Waals surface area contributed by atoms with E-state index in [1.807, 2.05) is 55.2 Å². The number of carbonyl (C=O) groups excluding carboxylic acids is 2. The molecule has 0 saturated carbocycles. The van der Waals surface area contributed by atoms with Crippen molar-refractivity contribution in [3.8, 4) is 0 Å². The van der Waals surface area contributed by atoms with E-state index < -0.39 is 0 Å². The molecule has 1 aromatic heterocycles. The van der Waals surface area contributed by atoms with Crippen molar-refractivity contribution in [2.24, 2.45) is 0 Å². The van der Waals surface area contributed by atoms with Gasteiger partial charge in [0.1, 0.15) is 0 Å². The first kappa shape index (κ1) is 17.7. The van der Waals surface area contributed by atoms with Gasteiger partial charge in [0.25, 0.3) is 5.91 Å². The van der Waals surface area contributed by atoms with Crippen LogP contribution < -0.4 is 10.00 Å². The first-order valence-electron chi connectivity index (χ1n) is 8.07. The van der Waals surface area contributed by atoms with Crippen molar-refractivity contribution in [2.75, 3.05) is 11.9 Å². The van der Waals surface area contributed by atoms with Crippen LogP contribution >= 0.6 is 0 Å². The molecule has 0 aliphatic rings. The Balaban J connectivity index is 1.98. The second-order valence-electron chi connectivity index (χ2n) is 5.62. The van der Waals surface area contributed by atoms with E-state index in [1.54, 1.807) is 11.6 Å². The number of ether oxygens (including phenoxy) is 1. The molecule has 0 saturated heterocycles. The Morgan fingerprint density at radius 1 is 1.21 bits per heavy atom. The highest BCUT2D eigenvalue weighted by atomic mass is 16.5. The summed E-state index contributed by atoms with van der Waals surface area (Å²) in [5, 5.41) is 2.96. The van der Waals surface area contributed by atoms with Crippen LogP contribution in [0.1, 0.15) is 24.5 Å². The van der Waals surface area contributed by atoms with Gasteiger partial charge in [-0.1, -0.05) is 18.2 Å². The van der Waals surface area contributed by atoms with E-state index in [9.17, 15) is 9.59 Å². The molecule has 0 spiro atoms. The SMILES string of the molecule is CCOC(=O)CCn1ccc[n+]1CC(=O)Nc1c(C)cccc1C. The van der Waals surface area contributed by atoms with Crippen molar-refractivity contribution in [1.82, 2.24) is 4.68 Å². The molecule has 24 heavy (non-hydrogen) atoms. The van der Waals surface area contributed by atoms with E-state index in [0.717, 1.165) is 16.8 Å². The summed E-state index contributed by atoms with van der Waals surface area (Å²) in [6, 6.07) is 7.75. The molecule has 1 amide bonds. The molecular weight excluding hydrogens is 306 g/mol. The Kier molecular flexibility index (Phi) is 6.12. The predicted octanol–water partition coefficient (Wildman–Crippen LogP) is 1.98. The van der Waals surface area contributed by atoms with E-state index in [1.165, 1.54) is 0 Å². The predicted molar refractivity (Wildman–Crippen MR) is 90.4 cm³/mol. The quantitative estimate of drug-likeness (QED) is 0.624. The Morgan fingerprint density at radius 2 is 1.92 bits per heavy atom. The van der Waals surface area contributed by atoms with Crippen LogP contribution in [0.25, 0.3) is 0 Å². The summed E-state index contributed by atoms with van der Waals surface area (Å²) < 4.78 is 8.54. The van der Waals surface area contributed by atoms with E-state index in [0.29, 0.717) is 13.2 Å². The zero-order valence-corrected chi connectivity index (χ0v) is 14.4. The van der Waals surface area contributed by atoms with Crippen LogP contribution in [0.2, 0.25) is 0 Å². The molecule has 0 radical (unpaired) electrons. The number of nitrogens with one attached hydrogen (secondary N) is 1. The third-order valence-electron chi connectivity index (χ3n) is 3.75. The number of aryl methyl sites for hydroxylation is 3. The van der Waals surface area contributed by atoms with Crippen molar-refractivity contribution in [3.05, 3.63) is 47.8 Å². The van der Waals surface area contributed by atoms with Crippen molar-refractivity contribution in [3.63, 3.8) is 0 Å². The monoisotopic (exact) mass is 330 g/mol. The van der Waals surface area contributed by atoms with Crippen LogP contribution in [0.15, 0.2) is 36.7 Å². The number of esters is 1. The number of hydrogen-bond donors (Lipinski definition) is 1. The van der Waals surface area contributed by atoms with E-state index >= 15 is 0 Å². The lowest BCUT2D eigenvalue weighted by Gasteiger charge is -2.10. The van der Waals surface area contributed by atoms with Gasteiger partial charge in [0.2, 0.25) is 6.54 Å². The van der Waals surface area contributed by atoms with Gasteiger partial charge in [-0.15, -0.1) is 4.68 Å². The van der Waals surface area contributed by atoms with Gasteiger partial charge in [0.15, 0.2) is 6.20 Å². The maximum atomic E-state index is 12.3. The third kappa shape index (κ3) is 4.68. The summed E-state index contributed by atoms with van der Waals surface area (Å²) >= 11 is 0. The molecule has 0 aliphatic carbocycles. The minimum Gasteiger partial charge on any atom is -0.466 e. The highest BCUT2D eigenvalue weighted by molar-refractivity contribution is 5.91. The Hall–Kier alpha value is -2.63. The summed E-state index contributed by atoms with van der Waals surface area (Å²) in [4.78, 5) is 23.8. The van der Waals surface area contributed by atoms with E-state index in [-0.39, 0.29) is 24.8 Å². The third-order valence-corrected chi connectivity index (χ3v) is 3.75. The zero-order valence-electron chi connectivity index (χ0n) is 14.4. The second kappa shape index (κ2) is 8.29. The Bertz CT molecular complexity index is 702. The first-order valence-corrected chi connectivity index (χ1v) is 8.07. The lowest BCUT2D eigenvalue weighted by Crippen LogP contribution is -2.47. The zero-order chi connectivity index (χ0) is 17.5. The number of hydrogen-bond acceptors (Lipinski definition) is 3. The summed E-state index contributed by atoms with van der Waals surface area (Å²) in [5.74, 6) is -0.341. The van der Waals surface area contributed by atoms with Crippen LogP contribution in [0.4, 0.5) is 5.69 Å². The number of nitrogens with zero attached hydrogens (tertiary/aromatic N) is 2. The lowest BCUT2D eigenvalue weighted by atomic mass is 10.1. The standard InChI is InChI=1S/C18H23N3O3/c1-4-24-17(23)9-12-20-10-6-11-21(20)13-16(22)19-18-14(2)7-5-8-15(18)3/h5-8,10-11H,4,9,12-13H2,1-3H3/p+1. The average molecular weight is 330 g/mol. The summed E-state index contributed by atoms with van der Waals surface area (Å²) in [6.07, 6.45) is 3.93. The molecule has 6 nitrogen and oxygen atoms in total. The number of aromatic nitrogens is 2. The number of para-hydroxylation sites is 1. The van der Waals surface area contributed by atoms with Gasteiger partial charge in [-0.3, -0.25) is 9.59 Å². The van der Waals surface area contributed by atoms with Gasteiger partial charge in [-0.25, -0.2) is 0 Å². The van der Waals surface area contributed by atoms with Crippen LogP contribution in [0.5, 0.6) is 0 Å². The average Bonchev–Trinajstić information content (AvgIpc) is 2.96. The van der Waals surface area contributed by atoms with Crippen molar-refractivity contribution < 1.29 is 19.0 Å². The normalized spacial score (nSPS) is 10.5. The van der Waals surface area contributed by atoms with E-state index in [2.05, 4.69) is 5.32 Å². The van der Waals surface area contributed by atoms with Crippen molar-refractivity contribution in [2.45, 2.75) is 40.3 Å². The number of rotatable bonds is 7. The molecule has 2 aromatic rings. The number of anilines is 1. The summed E-state index contributed by atoms with van der Waals surface area (Å²) in [5.41, 5.74) is 2.92. The first-order chi connectivity index (χ1) is 11.5. The van der Waals surface area contributed by atoms with Gasteiger partial charge < -0.3 is 10.1 Å². The highest BCUT2D eigenvalue weighted by Gasteiger charge is 2.16.